The molecule has 1 fully saturated rings. The van der Waals surface area contributed by atoms with E-state index in [0.29, 0.717) is 6.54 Å². The van der Waals surface area contributed by atoms with Crippen molar-refractivity contribution in [2.45, 2.75) is 12.6 Å². The molecule has 1 aliphatic heterocycles. The van der Waals surface area contributed by atoms with Gasteiger partial charge in [-0.2, -0.15) is 0 Å². The minimum absolute atomic E-state index is 0.0416. The van der Waals surface area contributed by atoms with Gasteiger partial charge in [-0.3, -0.25) is 14.5 Å². The van der Waals surface area contributed by atoms with Crippen molar-refractivity contribution in [2.24, 2.45) is 0 Å². The molecule has 0 saturated carbocycles. The number of thiophene rings is 1. The van der Waals surface area contributed by atoms with Crippen molar-refractivity contribution in [3.63, 3.8) is 0 Å². The Morgan fingerprint density at radius 1 is 1.25 bits per heavy atom. The second kappa shape index (κ2) is 8.23. The van der Waals surface area contributed by atoms with Crippen molar-refractivity contribution in [3.8, 4) is 0 Å². The Morgan fingerprint density at radius 2 is 2.08 bits per heavy atom. The highest BCUT2D eigenvalue weighted by atomic mass is 32.1. The average molecular weight is 347 g/mol. The fourth-order valence-electron chi connectivity index (χ4n) is 2.79. The van der Waals surface area contributed by atoms with E-state index in [0.717, 1.165) is 26.3 Å². The molecule has 1 aliphatic rings. The summed E-state index contributed by atoms with van der Waals surface area (Å²) in [5.41, 5.74) is -0.171. The molecule has 2 aromatic rings. The Bertz CT molecular complexity index is 708. The predicted octanol–water partition coefficient (Wildman–Crippen LogP) is 1.10. The van der Waals surface area contributed by atoms with E-state index in [4.69, 9.17) is 4.74 Å². The van der Waals surface area contributed by atoms with E-state index in [2.05, 4.69) is 16.3 Å². The number of aromatic nitrogens is 1. The summed E-state index contributed by atoms with van der Waals surface area (Å²) in [6, 6.07) is 9.14. The van der Waals surface area contributed by atoms with Crippen molar-refractivity contribution >= 4 is 17.2 Å². The summed E-state index contributed by atoms with van der Waals surface area (Å²) in [6.07, 6.45) is 1.63. The van der Waals surface area contributed by atoms with E-state index in [1.54, 1.807) is 29.7 Å². The van der Waals surface area contributed by atoms with Gasteiger partial charge >= 0.3 is 0 Å². The molecule has 1 saturated heterocycles. The normalized spacial score (nSPS) is 16.7. The molecule has 0 aliphatic carbocycles. The van der Waals surface area contributed by atoms with Gasteiger partial charge in [-0.1, -0.05) is 12.1 Å². The van der Waals surface area contributed by atoms with E-state index in [1.165, 1.54) is 15.5 Å². The molecule has 0 spiro atoms. The number of carbonyl (C=O) groups excluding carboxylic acids is 1. The van der Waals surface area contributed by atoms with Gasteiger partial charge in [-0.15, -0.1) is 11.3 Å². The van der Waals surface area contributed by atoms with Gasteiger partial charge in [0.05, 0.1) is 19.3 Å². The number of nitrogens with one attached hydrogen (secondary N) is 1. The number of hydrogen-bond donors (Lipinski definition) is 1. The Balaban J connectivity index is 1.62. The number of carbonyl (C=O) groups is 1. The number of morpholine rings is 1. The summed E-state index contributed by atoms with van der Waals surface area (Å²) >= 11 is 1.69. The second-order valence-corrected chi connectivity index (χ2v) is 6.63. The standard InChI is InChI=1S/C17H21N3O3S/c21-16(13-20-6-2-1-5-17(20)22)18-12-14(15-4-3-11-24-15)19-7-9-23-10-8-19/h1-6,11,14H,7-10,12-13H2,(H,18,21). The maximum atomic E-state index is 12.2. The van der Waals surface area contributed by atoms with Crippen molar-refractivity contribution in [2.75, 3.05) is 32.8 Å². The molecular weight excluding hydrogens is 326 g/mol. The maximum Gasteiger partial charge on any atom is 0.250 e. The third-order valence-electron chi connectivity index (χ3n) is 4.06. The van der Waals surface area contributed by atoms with E-state index >= 15 is 0 Å². The van der Waals surface area contributed by atoms with Gasteiger partial charge in [-0.25, -0.2) is 0 Å². The van der Waals surface area contributed by atoms with Gasteiger partial charge < -0.3 is 14.6 Å². The molecule has 3 heterocycles. The van der Waals surface area contributed by atoms with Crippen LogP contribution in [0.2, 0.25) is 0 Å². The summed E-state index contributed by atoms with van der Waals surface area (Å²) in [5.74, 6) is -0.155. The van der Waals surface area contributed by atoms with Gasteiger partial charge in [-0.05, 0) is 17.5 Å². The molecule has 0 bridgehead atoms. The van der Waals surface area contributed by atoms with Crippen molar-refractivity contribution in [3.05, 3.63) is 57.1 Å². The second-order valence-electron chi connectivity index (χ2n) is 5.65. The lowest BCUT2D eigenvalue weighted by Gasteiger charge is -2.34. The van der Waals surface area contributed by atoms with Crippen molar-refractivity contribution < 1.29 is 9.53 Å². The zero-order valence-corrected chi connectivity index (χ0v) is 14.2. The van der Waals surface area contributed by atoms with Gasteiger partial charge in [0.15, 0.2) is 0 Å². The average Bonchev–Trinajstić information content (AvgIpc) is 3.12. The van der Waals surface area contributed by atoms with E-state index < -0.39 is 0 Å². The summed E-state index contributed by atoms with van der Waals surface area (Å²) in [7, 11) is 0. The minimum atomic E-state index is -0.171. The Hall–Kier alpha value is -1.96. The molecule has 1 atom stereocenters. The SMILES string of the molecule is O=C(Cn1ccccc1=O)NCC(c1cccs1)N1CCOCC1. The topological polar surface area (TPSA) is 63.6 Å². The van der Waals surface area contributed by atoms with Crippen LogP contribution in [0.5, 0.6) is 0 Å². The summed E-state index contributed by atoms with van der Waals surface area (Å²) in [5, 5.41) is 5.02. The first-order valence-corrected chi connectivity index (χ1v) is 8.89. The van der Waals surface area contributed by atoms with Crippen LogP contribution >= 0.6 is 11.3 Å². The molecule has 2 aromatic heterocycles. The first-order valence-electron chi connectivity index (χ1n) is 8.01. The number of amides is 1. The third-order valence-corrected chi connectivity index (χ3v) is 5.04. The van der Waals surface area contributed by atoms with Crippen LogP contribution < -0.4 is 10.9 Å². The van der Waals surface area contributed by atoms with Crippen LogP contribution in [0.4, 0.5) is 0 Å². The molecular formula is C17H21N3O3S. The molecule has 0 aromatic carbocycles. The summed E-state index contributed by atoms with van der Waals surface area (Å²) < 4.78 is 6.83. The van der Waals surface area contributed by atoms with Gasteiger partial charge in [0.2, 0.25) is 5.91 Å². The molecule has 6 nitrogen and oxygen atoms in total. The number of rotatable bonds is 6. The van der Waals surface area contributed by atoms with Crippen LogP contribution in [0.15, 0.2) is 46.7 Å². The Kier molecular flexibility index (Phi) is 5.79. The zero-order chi connectivity index (χ0) is 16.8. The molecule has 1 amide bonds. The molecule has 1 N–H and O–H groups in total. The number of ether oxygens (including phenoxy) is 1. The van der Waals surface area contributed by atoms with E-state index in [9.17, 15) is 9.59 Å². The van der Waals surface area contributed by atoms with Gasteiger partial charge in [0, 0.05) is 36.8 Å². The van der Waals surface area contributed by atoms with Crippen LogP contribution in [0.25, 0.3) is 0 Å². The van der Waals surface area contributed by atoms with Crippen LogP contribution in [-0.4, -0.2) is 48.2 Å². The van der Waals surface area contributed by atoms with E-state index in [1.807, 2.05) is 11.4 Å². The lowest BCUT2D eigenvalue weighted by atomic mass is 10.2. The Morgan fingerprint density at radius 3 is 2.79 bits per heavy atom. The lowest BCUT2D eigenvalue weighted by Crippen LogP contribution is -2.44. The number of pyridine rings is 1. The van der Waals surface area contributed by atoms with Gasteiger partial charge in [0.25, 0.3) is 5.56 Å². The fraction of sp³-hybridized carbons (Fsp3) is 0.412. The van der Waals surface area contributed by atoms with Crippen LogP contribution in [0.1, 0.15) is 10.9 Å². The van der Waals surface area contributed by atoms with E-state index in [-0.39, 0.29) is 24.1 Å². The van der Waals surface area contributed by atoms with Gasteiger partial charge in [0.1, 0.15) is 6.54 Å². The zero-order valence-electron chi connectivity index (χ0n) is 13.4. The monoisotopic (exact) mass is 347 g/mol. The summed E-state index contributed by atoms with van der Waals surface area (Å²) in [4.78, 5) is 27.5. The highest BCUT2D eigenvalue weighted by Gasteiger charge is 2.23. The fourth-order valence-corrected chi connectivity index (χ4v) is 3.65. The van der Waals surface area contributed by atoms with Crippen LogP contribution in [-0.2, 0) is 16.1 Å². The number of nitrogens with zero attached hydrogens (tertiary/aromatic N) is 2. The van der Waals surface area contributed by atoms with Crippen molar-refractivity contribution in [1.82, 2.24) is 14.8 Å². The lowest BCUT2D eigenvalue weighted by molar-refractivity contribution is -0.122. The van der Waals surface area contributed by atoms with Crippen LogP contribution in [0.3, 0.4) is 0 Å². The first kappa shape index (κ1) is 16.9. The minimum Gasteiger partial charge on any atom is -0.379 e. The highest BCUT2D eigenvalue weighted by Crippen LogP contribution is 2.25. The molecule has 128 valence electrons. The molecule has 0 radical (unpaired) electrons. The quantitative estimate of drug-likeness (QED) is 0.850. The van der Waals surface area contributed by atoms with Crippen LogP contribution in [0, 0.1) is 0 Å². The van der Waals surface area contributed by atoms with Crippen molar-refractivity contribution in [1.29, 1.82) is 0 Å². The number of hydrogen-bond acceptors (Lipinski definition) is 5. The first-order chi connectivity index (χ1) is 11.7. The molecule has 7 heteroatoms. The molecule has 24 heavy (non-hydrogen) atoms. The Labute approximate surface area is 144 Å². The highest BCUT2D eigenvalue weighted by molar-refractivity contribution is 7.10. The maximum absolute atomic E-state index is 12.2. The third kappa shape index (κ3) is 4.31. The summed E-state index contributed by atoms with van der Waals surface area (Å²) in [6.45, 7) is 3.72. The smallest absolute Gasteiger partial charge is 0.250 e. The predicted molar refractivity (Wildman–Crippen MR) is 93.2 cm³/mol. The molecule has 1 unspecified atom stereocenters. The molecule has 3 rings (SSSR count). The largest absolute Gasteiger partial charge is 0.379 e.